The molecule has 92 valence electrons. The van der Waals surface area contributed by atoms with E-state index >= 15 is 0 Å². The lowest BCUT2D eigenvalue weighted by molar-refractivity contribution is 0.307. The number of halogens is 1. The summed E-state index contributed by atoms with van der Waals surface area (Å²) in [6, 6.07) is 1.95. The Morgan fingerprint density at radius 1 is 1.53 bits per heavy atom. The van der Waals surface area contributed by atoms with E-state index in [2.05, 4.69) is 32.7 Å². The number of hydrogen-bond donors (Lipinski definition) is 0. The summed E-state index contributed by atoms with van der Waals surface area (Å²) >= 11 is 2.16. The van der Waals surface area contributed by atoms with Crippen LogP contribution in [0.1, 0.15) is 11.4 Å². The minimum Gasteiger partial charge on any atom is -0.264 e. The van der Waals surface area contributed by atoms with Crippen LogP contribution in [0.15, 0.2) is 12.4 Å². The van der Waals surface area contributed by atoms with E-state index in [-0.39, 0.29) is 6.61 Å². The van der Waals surface area contributed by atoms with Crippen LogP contribution in [0.2, 0.25) is 0 Å². The molecule has 0 aromatic carbocycles. The fourth-order valence-corrected chi connectivity index (χ4v) is 2.79. The molecule has 2 aromatic rings. The van der Waals surface area contributed by atoms with E-state index in [4.69, 9.17) is 4.18 Å². The number of hydrogen-bond acceptors (Lipinski definition) is 5. The summed E-state index contributed by atoms with van der Waals surface area (Å²) in [5.74, 6) is 0. The van der Waals surface area contributed by atoms with Crippen molar-refractivity contribution >= 4 is 38.2 Å². The molecule has 0 aliphatic heterocycles. The molecular weight excluding hydrogens is 357 g/mol. The van der Waals surface area contributed by atoms with Gasteiger partial charge in [0, 0.05) is 9.26 Å². The van der Waals surface area contributed by atoms with Crippen molar-refractivity contribution in [1.82, 2.24) is 14.6 Å². The molecule has 0 fully saturated rings. The topological polar surface area (TPSA) is 73.6 Å². The Kier molecular flexibility index (Phi) is 3.36. The largest absolute Gasteiger partial charge is 0.264 e. The zero-order chi connectivity index (χ0) is 12.6. The third-order valence-electron chi connectivity index (χ3n) is 2.17. The first-order valence-corrected chi connectivity index (χ1v) is 7.60. The van der Waals surface area contributed by atoms with Crippen LogP contribution in [0.4, 0.5) is 0 Å². The van der Waals surface area contributed by atoms with Crippen LogP contribution in [-0.2, 0) is 20.9 Å². The fraction of sp³-hybridized carbons (Fsp3) is 0.333. The molecule has 0 aliphatic rings. The summed E-state index contributed by atoms with van der Waals surface area (Å²) in [6.07, 6.45) is 2.40. The molecule has 8 heteroatoms. The van der Waals surface area contributed by atoms with Gasteiger partial charge >= 0.3 is 0 Å². The van der Waals surface area contributed by atoms with Gasteiger partial charge in [-0.1, -0.05) is 0 Å². The molecule has 0 amide bonds. The average Bonchev–Trinajstić information content (AvgIpc) is 2.52. The zero-order valence-corrected chi connectivity index (χ0v) is 12.2. The summed E-state index contributed by atoms with van der Waals surface area (Å²) in [6.45, 7) is 1.84. The van der Waals surface area contributed by atoms with Gasteiger partial charge in [-0.25, -0.2) is 9.50 Å². The van der Waals surface area contributed by atoms with Gasteiger partial charge in [0.1, 0.15) is 18.5 Å². The van der Waals surface area contributed by atoms with Crippen molar-refractivity contribution in [2.75, 3.05) is 6.26 Å². The summed E-state index contributed by atoms with van der Waals surface area (Å²) in [5.41, 5.74) is 2.31. The second-order valence-corrected chi connectivity index (χ2v) is 6.37. The normalized spacial score (nSPS) is 12.2. The molecule has 0 spiro atoms. The van der Waals surface area contributed by atoms with E-state index in [1.54, 1.807) is 4.52 Å². The lowest BCUT2D eigenvalue weighted by atomic mass is 10.4. The standard InChI is InChI=1S/C9H10IN3O3S/c1-6-3-7(10)9-8(4-16-17(2,14)15)11-5-12-13(6)9/h3,5H,4H2,1-2H3. The second kappa shape index (κ2) is 4.50. The van der Waals surface area contributed by atoms with Crippen LogP contribution in [0.3, 0.4) is 0 Å². The first-order chi connectivity index (χ1) is 7.88. The maximum atomic E-state index is 11.0. The van der Waals surface area contributed by atoms with Crippen molar-refractivity contribution in [2.24, 2.45) is 0 Å². The molecule has 17 heavy (non-hydrogen) atoms. The van der Waals surface area contributed by atoms with Crippen molar-refractivity contribution in [2.45, 2.75) is 13.5 Å². The summed E-state index contributed by atoms with van der Waals surface area (Å²) in [4.78, 5) is 4.06. The molecule has 0 bridgehead atoms. The lowest BCUT2D eigenvalue weighted by Gasteiger charge is -2.04. The van der Waals surface area contributed by atoms with E-state index in [1.807, 2.05) is 13.0 Å². The molecule has 0 N–H and O–H groups in total. The van der Waals surface area contributed by atoms with Crippen LogP contribution >= 0.6 is 22.6 Å². The highest BCUT2D eigenvalue weighted by atomic mass is 127. The van der Waals surface area contributed by atoms with E-state index < -0.39 is 10.1 Å². The third kappa shape index (κ3) is 2.75. The molecule has 0 saturated heterocycles. The van der Waals surface area contributed by atoms with Crippen LogP contribution in [0.25, 0.3) is 5.52 Å². The fourth-order valence-electron chi connectivity index (χ4n) is 1.48. The van der Waals surface area contributed by atoms with Gasteiger partial charge in [0.15, 0.2) is 0 Å². The first kappa shape index (κ1) is 12.7. The Morgan fingerprint density at radius 2 is 2.24 bits per heavy atom. The number of nitrogens with zero attached hydrogens (tertiary/aromatic N) is 3. The minimum atomic E-state index is -3.47. The highest BCUT2D eigenvalue weighted by molar-refractivity contribution is 14.1. The lowest BCUT2D eigenvalue weighted by Crippen LogP contribution is -2.07. The predicted octanol–water partition coefficient (Wildman–Crippen LogP) is 1.12. The molecule has 2 heterocycles. The molecule has 0 unspecified atom stereocenters. The van der Waals surface area contributed by atoms with Crippen molar-refractivity contribution in [3.63, 3.8) is 0 Å². The van der Waals surface area contributed by atoms with Gasteiger partial charge in [0.25, 0.3) is 10.1 Å². The monoisotopic (exact) mass is 367 g/mol. The third-order valence-corrected chi connectivity index (χ3v) is 3.54. The van der Waals surface area contributed by atoms with Crippen LogP contribution in [-0.4, -0.2) is 29.3 Å². The highest BCUT2D eigenvalue weighted by Gasteiger charge is 2.13. The molecular formula is C9H10IN3O3S. The smallest absolute Gasteiger partial charge is 0.264 e. The Labute approximate surface area is 112 Å². The van der Waals surface area contributed by atoms with Crippen LogP contribution in [0, 0.1) is 10.5 Å². The maximum absolute atomic E-state index is 11.0. The molecule has 2 aromatic heterocycles. The molecule has 0 saturated carbocycles. The Balaban J connectivity index is 2.47. The Bertz CT molecular complexity index is 665. The van der Waals surface area contributed by atoms with Gasteiger partial charge in [0.05, 0.1) is 11.9 Å². The number of aromatic nitrogens is 3. The Morgan fingerprint density at radius 3 is 2.88 bits per heavy atom. The average molecular weight is 367 g/mol. The van der Waals surface area contributed by atoms with E-state index in [0.29, 0.717) is 5.69 Å². The first-order valence-electron chi connectivity index (χ1n) is 4.70. The van der Waals surface area contributed by atoms with Gasteiger partial charge in [-0.15, -0.1) is 0 Å². The van der Waals surface area contributed by atoms with E-state index in [0.717, 1.165) is 21.0 Å². The van der Waals surface area contributed by atoms with Crippen molar-refractivity contribution < 1.29 is 12.6 Å². The Hall–Kier alpha value is -0.740. The summed E-state index contributed by atoms with van der Waals surface area (Å²) < 4.78 is 29.3. The molecule has 2 rings (SSSR count). The van der Waals surface area contributed by atoms with Gasteiger partial charge in [-0.2, -0.15) is 13.5 Å². The predicted molar refractivity (Wildman–Crippen MR) is 70.1 cm³/mol. The number of rotatable bonds is 3. The van der Waals surface area contributed by atoms with Gasteiger partial charge in [-0.3, -0.25) is 4.18 Å². The van der Waals surface area contributed by atoms with E-state index in [1.165, 1.54) is 6.33 Å². The molecule has 0 radical (unpaired) electrons. The summed E-state index contributed by atoms with van der Waals surface area (Å²) in [5, 5.41) is 4.10. The van der Waals surface area contributed by atoms with Gasteiger partial charge in [-0.05, 0) is 35.6 Å². The van der Waals surface area contributed by atoms with E-state index in [9.17, 15) is 8.42 Å². The number of fused-ring (bicyclic) bond motifs is 1. The molecule has 0 atom stereocenters. The molecule has 0 aliphatic carbocycles. The van der Waals surface area contributed by atoms with Crippen molar-refractivity contribution in [3.05, 3.63) is 27.4 Å². The van der Waals surface area contributed by atoms with Gasteiger partial charge < -0.3 is 0 Å². The van der Waals surface area contributed by atoms with Gasteiger partial charge in [0.2, 0.25) is 0 Å². The summed E-state index contributed by atoms with van der Waals surface area (Å²) in [7, 11) is -3.47. The van der Waals surface area contributed by atoms with Crippen LogP contribution < -0.4 is 0 Å². The van der Waals surface area contributed by atoms with Crippen molar-refractivity contribution in [3.8, 4) is 0 Å². The highest BCUT2D eigenvalue weighted by Crippen LogP contribution is 2.20. The quantitative estimate of drug-likeness (QED) is 0.601. The molecule has 6 nitrogen and oxygen atoms in total. The van der Waals surface area contributed by atoms with Crippen molar-refractivity contribution in [1.29, 1.82) is 0 Å². The van der Waals surface area contributed by atoms with Crippen LogP contribution in [0.5, 0.6) is 0 Å². The maximum Gasteiger partial charge on any atom is 0.264 e. The zero-order valence-electron chi connectivity index (χ0n) is 9.21. The minimum absolute atomic E-state index is 0.0791. The second-order valence-electron chi connectivity index (χ2n) is 3.57. The number of aryl methyl sites for hydroxylation is 1. The SMILES string of the molecule is Cc1cc(I)c2c(COS(C)(=O)=O)ncnn12.